The molecule has 90 valence electrons. The van der Waals surface area contributed by atoms with Gasteiger partial charge in [0.05, 0.1) is 0 Å². The second kappa shape index (κ2) is 5.34. The van der Waals surface area contributed by atoms with E-state index in [2.05, 4.69) is 39.9 Å². The SMILES string of the molecule is CCC(CC)C(CNC1CC1)C(C)(C)C. The lowest BCUT2D eigenvalue weighted by molar-refractivity contribution is 0.145. The van der Waals surface area contributed by atoms with Crippen molar-refractivity contribution in [1.82, 2.24) is 5.32 Å². The van der Waals surface area contributed by atoms with Crippen molar-refractivity contribution in [3.8, 4) is 0 Å². The van der Waals surface area contributed by atoms with Crippen LogP contribution in [0.3, 0.4) is 0 Å². The van der Waals surface area contributed by atoms with Gasteiger partial charge in [-0.1, -0.05) is 47.5 Å². The van der Waals surface area contributed by atoms with Crippen LogP contribution in [-0.2, 0) is 0 Å². The highest BCUT2D eigenvalue weighted by atomic mass is 14.9. The molecule has 1 heteroatoms. The van der Waals surface area contributed by atoms with E-state index >= 15 is 0 Å². The summed E-state index contributed by atoms with van der Waals surface area (Å²) in [4.78, 5) is 0. The maximum atomic E-state index is 3.71. The predicted molar refractivity (Wildman–Crippen MR) is 68.0 cm³/mol. The Hall–Kier alpha value is -0.0400. The van der Waals surface area contributed by atoms with Crippen LogP contribution in [0.5, 0.6) is 0 Å². The summed E-state index contributed by atoms with van der Waals surface area (Å²) in [5.41, 5.74) is 0.443. The molecule has 0 radical (unpaired) electrons. The molecule has 0 aromatic rings. The van der Waals surface area contributed by atoms with Crippen LogP contribution in [-0.4, -0.2) is 12.6 Å². The highest BCUT2D eigenvalue weighted by Gasteiger charge is 2.31. The van der Waals surface area contributed by atoms with Gasteiger partial charge >= 0.3 is 0 Å². The number of nitrogens with one attached hydrogen (secondary N) is 1. The van der Waals surface area contributed by atoms with Gasteiger partial charge in [0.25, 0.3) is 0 Å². The van der Waals surface area contributed by atoms with Crippen molar-refractivity contribution in [3.63, 3.8) is 0 Å². The molecule has 1 saturated carbocycles. The largest absolute Gasteiger partial charge is 0.314 e. The van der Waals surface area contributed by atoms with Crippen molar-refractivity contribution in [3.05, 3.63) is 0 Å². The molecule has 0 heterocycles. The zero-order chi connectivity index (χ0) is 11.5. The monoisotopic (exact) mass is 211 g/mol. The maximum Gasteiger partial charge on any atom is 0.00683 e. The fraction of sp³-hybridized carbons (Fsp3) is 1.00. The molecule has 0 aliphatic heterocycles. The molecule has 1 unspecified atom stereocenters. The summed E-state index contributed by atoms with van der Waals surface area (Å²) >= 11 is 0. The minimum absolute atomic E-state index is 0.443. The molecule has 1 atom stereocenters. The van der Waals surface area contributed by atoms with Gasteiger partial charge in [0, 0.05) is 6.04 Å². The molecular weight excluding hydrogens is 182 g/mol. The Morgan fingerprint density at radius 2 is 1.67 bits per heavy atom. The van der Waals surface area contributed by atoms with Gasteiger partial charge in [-0.3, -0.25) is 0 Å². The average Bonchev–Trinajstić information content (AvgIpc) is 2.93. The van der Waals surface area contributed by atoms with Crippen LogP contribution in [0.15, 0.2) is 0 Å². The van der Waals surface area contributed by atoms with Gasteiger partial charge in [0.1, 0.15) is 0 Å². The summed E-state index contributed by atoms with van der Waals surface area (Å²) in [5, 5.41) is 3.71. The van der Waals surface area contributed by atoms with E-state index in [1.54, 1.807) is 0 Å². The normalized spacial score (nSPS) is 19.6. The molecule has 0 saturated heterocycles. The fourth-order valence-corrected chi connectivity index (χ4v) is 2.62. The van der Waals surface area contributed by atoms with Gasteiger partial charge in [-0.2, -0.15) is 0 Å². The molecule has 0 amide bonds. The Bertz CT molecular complexity index is 172. The van der Waals surface area contributed by atoms with Crippen LogP contribution in [0.1, 0.15) is 60.3 Å². The molecule has 1 aliphatic carbocycles. The van der Waals surface area contributed by atoms with Gasteiger partial charge in [-0.15, -0.1) is 0 Å². The first-order chi connectivity index (χ1) is 6.99. The Balaban J connectivity index is 2.49. The summed E-state index contributed by atoms with van der Waals surface area (Å²) in [6, 6.07) is 0.851. The predicted octanol–water partition coefficient (Wildman–Crippen LogP) is 3.84. The topological polar surface area (TPSA) is 12.0 Å². The standard InChI is InChI=1S/C14H29N/c1-6-11(7-2)13(14(3,4)5)10-15-12-8-9-12/h11-13,15H,6-10H2,1-5H3. The minimum Gasteiger partial charge on any atom is -0.314 e. The summed E-state index contributed by atoms with van der Waals surface area (Å²) in [6.07, 6.45) is 5.45. The van der Waals surface area contributed by atoms with E-state index in [9.17, 15) is 0 Å². The van der Waals surface area contributed by atoms with Crippen molar-refractivity contribution in [2.24, 2.45) is 17.3 Å². The molecule has 1 fully saturated rings. The zero-order valence-electron chi connectivity index (χ0n) is 11.3. The van der Waals surface area contributed by atoms with E-state index in [0.717, 1.165) is 17.9 Å². The first kappa shape index (κ1) is 13.0. The van der Waals surface area contributed by atoms with Crippen molar-refractivity contribution in [2.45, 2.75) is 66.3 Å². The van der Waals surface area contributed by atoms with Crippen LogP contribution in [0.25, 0.3) is 0 Å². The van der Waals surface area contributed by atoms with Crippen molar-refractivity contribution in [1.29, 1.82) is 0 Å². The molecule has 15 heavy (non-hydrogen) atoms. The quantitative estimate of drug-likeness (QED) is 0.704. The Labute approximate surface area is 96.0 Å². The third-order valence-corrected chi connectivity index (χ3v) is 3.93. The smallest absolute Gasteiger partial charge is 0.00683 e. The highest BCUT2D eigenvalue weighted by molar-refractivity contribution is 4.86. The summed E-state index contributed by atoms with van der Waals surface area (Å²) in [6.45, 7) is 13.1. The third-order valence-electron chi connectivity index (χ3n) is 3.93. The Morgan fingerprint density at radius 1 is 1.13 bits per heavy atom. The summed E-state index contributed by atoms with van der Waals surface area (Å²) in [5.74, 6) is 1.71. The molecule has 1 aliphatic rings. The van der Waals surface area contributed by atoms with Crippen LogP contribution < -0.4 is 5.32 Å². The van der Waals surface area contributed by atoms with E-state index < -0.39 is 0 Å². The summed E-state index contributed by atoms with van der Waals surface area (Å²) in [7, 11) is 0. The first-order valence-corrected chi connectivity index (χ1v) is 6.72. The molecular formula is C14H29N. The van der Waals surface area contributed by atoms with Gasteiger partial charge in [-0.05, 0) is 36.6 Å². The number of hydrogen-bond donors (Lipinski definition) is 1. The highest BCUT2D eigenvalue weighted by Crippen LogP contribution is 2.35. The minimum atomic E-state index is 0.443. The molecule has 0 aromatic carbocycles. The van der Waals surface area contributed by atoms with Crippen LogP contribution in [0, 0.1) is 17.3 Å². The van der Waals surface area contributed by atoms with Crippen molar-refractivity contribution < 1.29 is 0 Å². The fourth-order valence-electron chi connectivity index (χ4n) is 2.62. The van der Waals surface area contributed by atoms with E-state index in [-0.39, 0.29) is 0 Å². The first-order valence-electron chi connectivity index (χ1n) is 6.72. The average molecular weight is 211 g/mol. The molecule has 1 N–H and O–H groups in total. The van der Waals surface area contributed by atoms with Crippen molar-refractivity contribution in [2.75, 3.05) is 6.54 Å². The Kier molecular flexibility index (Phi) is 4.64. The second-order valence-corrected chi connectivity index (χ2v) is 6.23. The lowest BCUT2D eigenvalue weighted by atomic mass is 9.71. The molecule has 1 rings (SSSR count). The second-order valence-electron chi connectivity index (χ2n) is 6.23. The maximum absolute atomic E-state index is 3.71. The number of rotatable bonds is 6. The van der Waals surface area contributed by atoms with Gasteiger partial charge < -0.3 is 5.32 Å². The summed E-state index contributed by atoms with van der Waals surface area (Å²) < 4.78 is 0. The van der Waals surface area contributed by atoms with Gasteiger partial charge in [0.15, 0.2) is 0 Å². The lowest BCUT2D eigenvalue weighted by Crippen LogP contribution is -2.37. The Morgan fingerprint density at radius 3 is 2.00 bits per heavy atom. The van der Waals surface area contributed by atoms with E-state index in [4.69, 9.17) is 0 Å². The van der Waals surface area contributed by atoms with E-state index in [1.807, 2.05) is 0 Å². The van der Waals surface area contributed by atoms with E-state index in [1.165, 1.54) is 32.2 Å². The molecule has 1 nitrogen and oxygen atoms in total. The molecule has 0 spiro atoms. The van der Waals surface area contributed by atoms with Crippen molar-refractivity contribution >= 4 is 0 Å². The van der Waals surface area contributed by atoms with E-state index in [0.29, 0.717) is 5.41 Å². The molecule has 0 bridgehead atoms. The van der Waals surface area contributed by atoms with Crippen LogP contribution in [0.2, 0.25) is 0 Å². The van der Waals surface area contributed by atoms with Gasteiger partial charge in [-0.25, -0.2) is 0 Å². The van der Waals surface area contributed by atoms with Crippen LogP contribution in [0.4, 0.5) is 0 Å². The number of hydrogen-bond acceptors (Lipinski definition) is 1. The van der Waals surface area contributed by atoms with Crippen LogP contribution >= 0.6 is 0 Å². The van der Waals surface area contributed by atoms with Gasteiger partial charge in [0.2, 0.25) is 0 Å². The third kappa shape index (κ3) is 4.14. The zero-order valence-corrected chi connectivity index (χ0v) is 11.3. The molecule has 0 aromatic heterocycles. The lowest BCUT2D eigenvalue weighted by Gasteiger charge is -2.37.